The van der Waals surface area contributed by atoms with Crippen LogP contribution in [0.1, 0.15) is 19.8 Å². The van der Waals surface area contributed by atoms with Crippen molar-refractivity contribution in [3.05, 3.63) is 30.1 Å². The van der Waals surface area contributed by atoms with Crippen LogP contribution in [0.4, 0.5) is 10.1 Å². The molecule has 0 aromatic heterocycles. The van der Waals surface area contributed by atoms with Gasteiger partial charge in [-0.15, -0.1) is 0 Å². The Morgan fingerprint density at radius 2 is 2.16 bits per heavy atom. The van der Waals surface area contributed by atoms with Gasteiger partial charge in [-0.05, 0) is 44.0 Å². The molecule has 0 aliphatic carbocycles. The molecule has 0 spiro atoms. The van der Waals surface area contributed by atoms with Crippen molar-refractivity contribution in [2.24, 2.45) is 0 Å². The van der Waals surface area contributed by atoms with Gasteiger partial charge in [-0.1, -0.05) is 0 Å². The van der Waals surface area contributed by atoms with Gasteiger partial charge in [0.25, 0.3) is 0 Å². The minimum absolute atomic E-state index is 0.0259. The summed E-state index contributed by atoms with van der Waals surface area (Å²) in [6, 6.07) is 6.19. The van der Waals surface area contributed by atoms with E-state index in [1.54, 1.807) is 0 Å². The molecule has 0 saturated carbocycles. The zero-order valence-corrected chi connectivity index (χ0v) is 11.0. The molecule has 5 heteroatoms. The first-order valence-corrected chi connectivity index (χ1v) is 6.54. The maximum atomic E-state index is 12.7. The van der Waals surface area contributed by atoms with Crippen LogP contribution in [0.2, 0.25) is 0 Å². The zero-order chi connectivity index (χ0) is 13.7. The lowest BCUT2D eigenvalue weighted by Gasteiger charge is -2.27. The molecule has 2 N–H and O–H groups in total. The van der Waals surface area contributed by atoms with Crippen LogP contribution in [0.3, 0.4) is 0 Å². The summed E-state index contributed by atoms with van der Waals surface area (Å²) >= 11 is 0. The van der Waals surface area contributed by atoms with Crippen molar-refractivity contribution >= 4 is 11.6 Å². The van der Waals surface area contributed by atoms with Crippen molar-refractivity contribution in [3.63, 3.8) is 0 Å². The predicted octanol–water partition coefficient (Wildman–Crippen LogP) is 1.92. The Hall–Kier alpha value is -1.46. The predicted molar refractivity (Wildman–Crippen MR) is 71.5 cm³/mol. The first kappa shape index (κ1) is 14.0. The highest BCUT2D eigenvalue weighted by Gasteiger charge is 2.18. The third kappa shape index (κ3) is 4.61. The van der Waals surface area contributed by atoms with Crippen molar-refractivity contribution in [2.45, 2.75) is 31.9 Å². The number of rotatable bonds is 4. The molecule has 2 atom stereocenters. The molecule has 1 amide bonds. The van der Waals surface area contributed by atoms with Gasteiger partial charge >= 0.3 is 0 Å². The van der Waals surface area contributed by atoms with Gasteiger partial charge in [0.2, 0.25) is 5.91 Å². The molecule has 104 valence electrons. The van der Waals surface area contributed by atoms with Crippen LogP contribution in [-0.4, -0.2) is 31.2 Å². The van der Waals surface area contributed by atoms with Crippen LogP contribution in [0.5, 0.6) is 0 Å². The normalized spacial score (nSPS) is 23.1. The number of halogens is 1. The second kappa shape index (κ2) is 6.63. The number of carbonyl (C=O) groups excluding carboxylic acids is 1. The number of hydrogen-bond donors (Lipinski definition) is 2. The summed E-state index contributed by atoms with van der Waals surface area (Å²) in [6.45, 7) is 2.95. The van der Waals surface area contributed by atoms with Gasteiger partial charge in [-0.25, -0.2) is 4.39 Å². The lowest BCUT2D eigenvalue weighted by Crippen LogP contribution is -2.41. The number of benzene rings is 1. The van der Waals surface area contributed by atoms with E-state index >= 15 is 0 Å². The lowest BCUT2D eigenvalue weighted by molar-refractivity contribution is -0.123. The summed E-state index contributed by atoms with van der Waals surface area (Å²) in [6.07, 6.45) is 2.12. The number of carbonyl (C=O) groups is 1. The Kier molecular flexibility index (Phi) is 4.87. The molecule has 1 heterocycles. The van der Waals surface area contributed by atoms with Gasteiger partial charge in [0.05, 0.1) is 6.10 Å². The Morgan fingerprint density at radius 3 is 2.79 bits per heavy atom. The van der Waals surface area contributed by atoms with Crippen LogP contribution in [0.15, 0.2) is 24.3 Å². The molecule has 1 aliphatic heterocycles. The second-order valence-electron chi connectivity index (χ2n) is 4.87. The van der Waals surface area contributed by atoms with Gasteiger partial charge in [0.1, 0.15) is 12.4 Å². The number of hydrogen-bond acceptors (Lipinski definition) is 3. The Balaban J connectivity index is 1.71. The highest BCUT2D eigenvalue weighted by molar-refractivity contribution is 5.91. The lowest BCUT2D eigenvalue weighted by atomic mass is 10.0. The van der Waals surface area contributed by atoms with Gasteiger partial charge in [0, 0.05) is 18.3 Å². The van der Waals surface area contributed by atoms with Crippen molar-refractivity contribution in [1.29, 1.82) is 0 Å². The topological polar surface area (TPSA) is 50.4 Å². The van der Waals surface area contributed by atoms with Gasteiger partial charge in [0.15, 0.2) is 0 Å². The van der Waals surface area contributed by atoms with Gasteiger partial charge in [-0.2, -0.15) is 0 Å². The van der Waals surface area contributed by atoms with Crippen LogP contribution in [0, 0.1) is 5.82 Å². The maximum Gasteiger partial charge on any atom is 0.250 e. The first-order chi connectivity index (χ1) is 9.13. The second-order valence-corrected chi connectivity index (χ2v) is 4.87. The van der Waals surface area contributed by atoms with E-state index < -0.39 is 0 Å². The van der Waals surface area contributed by atoms with Crippen LogP contribution in [-0.2, 0) is 9.53 Å². The summed E-state index contributed by atoms with van der Waals surface area (Å²) in [5, 5.41) is 5.98. The average molecular weight is 266 g/mol. The quantitative estimate of drug-likeness (QED) is 0.875. The van der Waals surface area contributed by atoms with Crippen LogP contribution in [0.25, 0.3) is 0 Å². The third-order valence-corrected chi connectivity index (χ3v) is 3.19. The first-order valence-electron chi connectivity index (χ1n) is 6.54. The largest absolute Gasteiger partial charge is 0.367 e. The van der Waals surface area contributed by atoms with E-state index in [0.29, 0.717) is 11.7 Å². The minimum Gasteiger partial charge on any atom is -0.367 e. The molecule has 4 nitrogen and oxygen atoms in total. The standard InChI is InChI=1S/C14H19FN2O2/c1-10-2-7-13(8-16-10)19-9-14(18)17-12-5-3-11(15)4-6-12/h3-6,10,13,16H,2,7-9H2,1H3,(H,17,18). The van der Waals surface area contributed by atoms with E-state index in [2.05, 4.69) is 17.6 Å². The summed E-state index contributed by atoms with van der Waals surface area (Å²) in [5.41, 5.74) is 0.574. The maximum absolute atomic E-state index is 12.7. The third-order valence-electron chi connectivity index (χ3n) is 3.19. The monoisotopic (exact) mass is 266 g/mol. The highest BCUT2D eigenvalue weighted by Crippen LogP contribution is 2.11. The van der Waals surface area contributed by atoms with E-state index in [1.807, 2.05) is 0 Å². The molecule has 1 saturated heterocycles. The molecular weight excluding hydrogens is 247 g/mol. The van der Waals surface area contributed by atoms with Crippen LogP contribution < -0.4 is 10.6 Å². The number of piperidine rings is 1. The Bertz CT molecular complexity index is 414. The summed E-state index contributed by atoms with van der Waals surface area (Å²) < 4.78 is 18.2. The fraction of sp³-hybridized carbons (Fsp3) is 0.500. The van der Waals surface area contributed by atoms with Crippen molar-refractivity contribution < 1.29 is 13.9 Å². The van der Waals surface area contributed by atoms with Crippen molar-refractivity contribution in [2.75, 3.05) is 18.5 Å². The van der Waals surface area contributed by atoms with Crippen molar-refractivity contribution in [1.82, 2.24) is 5.32 Å². The molecule has 0 radical (unpaired) electrons. The van der Waals surface area contributed by atoms with E-state index in [4.69, 9.17) is 4.74 Å². The van der Waals surface area contributed by atoms with E-state index in [-0.39, 0.29) is 24.4 Å². The molecule has 1 fully saturated rings. The van der Waals surface area contributed by atoms with E-state index in [1.165, 1.54) is 24.3 Å². The zero-order valence-electron chi connectivity index (χ0n) is 11.0. The van der Waals surface area contributed by atoms with Crippen LogP contribution >= 0.6 is 0 Å². The summed E-state index contributed by atoms with van der Waals surface area (Å²) in [7, 11) is 0. The SMILES string of the molecule is CC1CCC(OCC(=O)Nc2ccc(F)cc2)CN1. The molecule has 1 aromatic carbocycles. The molecular formula is C14H19FN2O2. The summed E-state index contributed by atoms with van der Waals surface area (Å²) in [4.78, 5) is 11.7. The summed E-state index contributed by atoms with van der Waals surface area (Å²) in [5.74, 6) is -0.540. The number of anilines is 1. The van der Waals surface area contributed by atoms with E-state index in [0.717, 1.165) is 19.4 Å². The number of amides is 1. The number of nitrogens with one attached hydrogen (secondary N) is 2. The molecule has 2 rings (SSSR count). The fourth-order valence-electron chi connectivity index (χ4n) is 2.04. The van der Waals surface area contributed by atoms with Crippen molar-refractivity contribution in [3.8, 4) is 0 Å². The Morgan fingerprint density at radius 1 is 1.42 bits per heavy atom. The smallest absolute Gasteiger partial charge is 0.250 e. The highest BCUT2D eigenvalue weighted by atomic mass is 19.1. The number of ether oxygens (including phenoxy) is 1. The average Bonchev–Trinajstić information content (AvgIpc) is 2.41. The molecule has 19 heavy (non-hydrogen) atoms. The Labute approximate surface area is 112 Å². The van der Waals surface area contributed by atoms with E-state index in [9.17, 15) is 9.18 Å². The van der Waals surface area contributed by atoms with Gasteiger partial charge < -0.3 is 15.4 Å². The molecule has 0 bridgehead atoms. The minimum atomic E-state index is -0.323. The molecule has 1 aliphatic rings. The van der Waals surface area contributed by atoms with Gasteiger partial charge in [-0.3, -0.25) is 4.79 Å². The fourth-order valence-corrected chi connectivity index (χ4v) is 2.04. The molecule has 1 aromatic rings. The molecule has 2 unspecified atom stereocenters.